The van der Waals surface area contributed by atoms with Crippen molar-refractivity contribution in [3.8, 4) is 0 Å². The van der Waals surface area contributed by atoms with Gasteiger partial charge in [-0.25, -0.2) is 13.2 Å². The van der Waals surface area contributed by atoms with Gasteiger partial charge in [-0.15, -0.1) is 0 Å². The summed E-state index contributed by atoms with van der Waals surface area (Å²) in [6.07, 6.45) is 2.50. The van der Waals surface area contributed by atoms with Crippen LogP contribution in [0.1, 0.15) is 41.0 Å². The Hall–Kier alpha value is -1.08. The van der Waals surface area contributed by atoms with Crippen LogP contribution in [0.4, 0.5) is 4.79 Å². The molecule has 0 aromatic heterocycles. The first-order valence-electron chi connectivity index (χ1n) is 8.12. The Morgan fingerprint density at radius 2 is 2.09 bits per heavy atom. The summed E-state index contributed by atoms with van der Waals surface area (Å²) in [6.45, 7) is 10.9. The van der Waals surface area contributed by atoms with Crippen molar-refractivity contribution in [3.05, 3.63) is 11.6 Å². The molecule has 0 fully saturated rings. The van der Waals surface area contributed by atoms with E-state index in [1.54, 1.807) is 11.8 Å². The van der Waals surface area contributed by atoms with E-state index in [0.29, 0.717) is 19.6 Å². The third-order valence-corrected chi connectivity index (χ3v) is 5.46. The maximum atomic E-state index is 12.0. The normalized spacial score (nSPS) is 17.6. The summed E-state index contributed by atoms with van der Waals surface area (Å²) < 4.78 is 28.5. The predicted molar refractivity (Wildman–Crippen MR) is 92.3 cm³/mol. The van der Waals surface area contributed by atoms with Gasteiger partial charge in [0.2, 0.25) is 0 Å². The lowest BCUT2D eigenvalue weighted by Gasteiger charge is -2.30. The number of nitrogens with one attached hydrogen (secondary N) is 1. The Balaban J connectivity index is 2.41. The quantitative estimate of drug-likeness (QED) is 0.744. The summed E-state index contributed by atoms with van der Waals surface area (Å²) in [6, 6.07) is -0.0789. The molecule has 0 spiro atoms. The van der Waals surface area contributed by atoms with E-state index in [2.05, 4.69) is 5.32 Å². The summed E-state index contributed by atoms with van der Waals surface area (Å²) in [5.41, 5.74) is 0.716. The fourth-order valence-corrected chi connectivity index (χ4v) is 3.34. The lowest BCUT2D eigenvalue weighted by molar-refractivity contribution is 0.0265. The average Bonchev–Trinajstić information content (AvgIpc) is 2.43. The molecule has 1 unspecified atom stereocenters. The van der Waals surface area contributed by atoms with Crippen LogP contribution in [-0.4, -0.2) is 62.2 Å². The molecule has 1 atom stereocenters. The largest absolute Gasteiger partial charge is 0.444 e. The molecule has 7 heteroatoms. The van der Waals surface area contributed by atoms with Gasteiger partial charge in [-0.2, -0.15) is 0 Å². The minimum atomic E-state index is -2.96. The molecule has 0 radical (unpaired) electrons. The monoisotopic (exact) mass is 346 g/mol. The van der Waals surface area contributed by atoms with Gasteiger partial charge in [0.1, 0.15) is 5.60 Å². The van der Waals surface area contributed by atoms with Crippen molar-refractivity contribution in [1.82, 2.24) is 10.2 Å². The highest BCUT2D eigenvalue weighted by Gasteiger charge is 2.23. The second-order valence-electron chi connectivity index (χ2n) is 7.02. The van der Waals surface area contributed by atoms with Crippen LogP contribution in [0.15, 0.2) is 11.6 Å². The summed E-state index contributed by atoms with van der Waals surface area (Å²) >= 11 is 0. The molecule has 6 nitrogen and oxygen atoms in total. The number of ether oxygens (including phenoxy) is 1. The number of hydrogen-bond acceptors (Lipinski definition) is 5. The third-order valence-electron chi connectivity index (χ3n) is 3.58. The minimum absolute atomic E-state index is 0.0789. The van der Waals surface area contributed by atoms with E-state index in [0.717, 1.165) is 6.42 Å². The van der Waals surface area contributed by atoms with Crippen LogP contribution in [0.25, 0.3) is 0 Å². The maximum Gasteiger partial charge on any atom is 0.410 e. The van der Waals surface area contributed by atoms with Gasteiger partial charge in [0.25, 0.3) is 0 Å². The first-order chi connectivity index (χ1) is 10.5. The summed E-state index contributed by atoms with van der Waals surface area (Å²) in [4.78, 5) is 13.6. The van der Waals surface area contributed by atoms with Crippen LogP contribution < -0.4 is 5.32 Å². The lowest BCUT2D eigenvalue weighted by atomic mass is 10.1. The Bertz CT molecular complexity index is 535. The van der Waals surface area contributed by atoms with Gasteiger partial charge >= 0.3 is 6.09 Å². The van der Waals surface area contributed by atoms with Gasteiger partial charge in [0.05, 0.1) is 5.75 Å². The number of carbonyl (C=O) groups excluding carboxylic acids is 1. The molecule has 1 N–H and O–H groups in total. The highest BCUT2D eigenvalue weighted by molar-refractivity contribution is 7.91. The van der Waals surface area contributed by atoms with Gasteiger partial charge in [-0.05, 0) is 34.1 Å². The van der Waals surface area contributed by atoms with E-state index in [1.807, 2.05) is 33.8 Å². The SMILES string of the molecule is CCS(=O)(=O)CC(C)NCC1=CCN(C(=O)OC(C)(C)C)CC1. The van der Waals surface area contributed by atoms with E-state index in [9.17, 15) is 13.2 Å². The van der Waals surface area contributed by atoms with Crippen molar-refractivity contribution in [3.63, 3.8) is 0 Å². The van der Waals surface area contributed by atoms with E-state index >= 15 is 0 Å². The fourth-order valence-electron chi connectivity index (χ4n) is 2.23. The molecule has 1 rings (SSSR count). The topological polar surface area (TPSA) is 75.7 Å². The van der Waals surface area contributed by atoms with Gasteiger partial charge in [-0.3, -0.25) is 0 Å². The van der Waals surface area contributed by atoms with Gasteiger partial charge in [0, 0.05) is 31.4 Å². The molecule has 1 aliphatic rings. The van der Waals surface area contributed by atoms with Crippen molar-refractivity contribution in [2.75, 3.05) is 31.1 Å². The van der Waals surface area contributed by atoms with Crippen LogP contribution in [0, 0.1) is 0 Å². The Morgan fingerprint density at radius 3 is 2.57 bits per heavy atom. The van der Waals surface area contributed by atoms with Gasteiger partial charge in [-0.1, -0.05) is 18.6 Å². The number of hydrogen-bond donors (Lipinski definition) is 1. The molecular weight excluding hydrogens is 316 g/mol. The van der Waals surface area contributed by atoms with Crippen molar-refractivity contribution < 1.29 is 17.9 Å². The molecule has 0 aliphatic carbocycles. The zero-order chi connectivity index (χ0) is 17.7. The fraction of sp³-hybridized carbons (Fsp3) is 0.812. The summed E-state index contributed by atoms with van der Waals surface area (Å²) in [7, 11) is -2.96. The maximum absolute atomic E-state index is 12.0. The molecule has 23 heavy (non-hydrogen) atoms. The first kappa shape index (κ1) is 20.0. The molecule has 134 valence electrons. The number of carbonyl (C=O) groups is 1. The highest BCUT2D eigenvalue weighted by Crippen LogP contribution is 2.15. The Kier molecular flexibility index (Phi) is 7.07. The van der Waals surface area contributed by atoms with Gasteiger partial charge < -0.3 is 15.0 Å². The molecule has 0 saturated carbocycles. The molecule has 0 aromatic rings. The number of rotatable bonds is 6. The first-order valence-corrected chi connectivity index (χ1v) is 9.94. The summed E-state index contributed by atoms with van der Waals surface area (Å²) in [5, 5.41) is 3.24. The number of amides is 1. The number of nitrogens with zero attached hydrogens (tertiary/aromatic N) is 1. The van der Waals surface area contributed by atoms with E-state index < -0.39 is 15.4 Å². The molecule has 1 aliphatic heterocycles. The van der Waals surface area contributed by atoms with Crippen molar-refractivity contribution in [2.24, 2.45) is 0 Å². The average molecular weight is 346 g/mol. The van der Waals surface area contributed by atoms with Gasteiger partial charge in [0.15, 0.2) is 9.84 Å². The predicted octanol–water partition coefficient (Wildman–Crippen LogP) is 1.97. The van der Waals surface area contributed by atoms with Crippen LogP contribution >= 0.6 is 0 Å². The zero-order valence-electron chi connectivity index (χ0n) is 14.9. The van der Waals surface area contributed by atoms with Crippen molar-refractivity contribution in [2.45, 2.75) is 52.7 Å². The number of sulfone groups is 1. The zero-order valence-corrected chi connectivity index (χ0v) is 15.7. The lowest BCUT2D eigenvalue weighted by Crippen LogP contribution is -2.41. The van der Waals surface area contributed by atoms with Crippen LogP contribution in [0.2, 0.25) is 0 Å². The van der Waals surface area contributed by atoms with Crippen molar-refractivity contribution >= 4 is 15.9 Å². The molecule has 1 heterocycles. The third kappa shape index (κ3) is 7.83. The van der Waals surface area contributed by atoms with Crippen LogP contribution in [0.3, 0.4) is 0 Å². The van der Waals surface area contributed by atoms with E-state index in [1.165, 1.54) is 5.57 Å². The molecule has 0 aromatic carbocycles. The van der Waals surface area contributed by atoms with Crippen molar-refractivity contribution in [1.29, 1.82) is 0 Å². The van der Waals surface area contributed by atoms with Crippen LogP contribution in [0.5, 0.6) is 0 Å². The smallest absolute Gasteiger partial charge is 0.410 e. The summed E-state index contributed by atoms with van der Waals surface area (Å²) in [5.74, 6) is 0.327. The van der Waals surface area contributed by atoms with E-state index in [4.69, 9.17) is 4.74 Å². The van der Waals surface area contributed by atoms with E-state index in [-0.39, 0.29) is 23.6 Å². The molecule has 0 saturated heterocycles. The standard InChI is InChI=1S/C16H30N2O4S/c1-6-23(20,21)12-13(2)17-11-14-7-9-18(10-8-14)15(19)22-16(3,4)5/h7,13,17H,6,8-12H2,1-5H3. The molecule has 1 amide bonds. The van der Waals surface area contributed by atoms with Crippen LogP contribution in [-0.2, 0) is 14.6 Å². The Labute approximate surface area is 140 Å². The Morgan fingerprint density at radius 1 is 1.43 bits per heavy atom. The molecule has 0 bridgehead atoms. The second-order valence-corrected chi connectivity index (χ2v) is 9.42. The highest BCUT2D eigenvalue weighted by atomic mass is 32.2. The second kappa shape index (κ2) is 8.15. The molecular formula is C16H30N2O4S. The minimum Gasteiger partial charge on any atom is -0.444 e.